The molecule has 7 nitrogen and oxygen atoms in total. The Balaban J connectivity index is 2.10. The van der Waals surface area contributed by atoms with Crippen LogP contribution in [-0.2, 0) is 10.0 Å². The van der Waals surface area contributed by atoms with E-state index in [1.54, 1.807) is 36.5 Å². The van der Waals surface area contributed by atoms with E-state index in [1.165, 1.54) is 13.0 Å². The van der Waals surface area contributed by atoms with E-state index in [1.807, 2.05) is 0 Å². The topological polar surface area (TPSA) is 102 Å². The van der Waals surface area contributed by atoms with Crippen molar-refractivity contribution in [1.29, 1.82) is 0 Å². The van der Waals surface area contributed by atoms with E-state index in [9.17, 15) is 18.5 Å². The molecule has 0 unspecified atom stereocenters. The minimum absolute atomic E-state index is 0.00520. The van der Waals surface area contributed by atoms with Gasteiger partial charge >= 0.3 is 0 Å². The lowest BCUT2D eigenvalue weighted by Gasteiger charge is -2.11. The van der Waals surface area contributed by atoms with Crippen LogP contribution in [0.5, 0.6) is 0 Å². The molecule has 0 radical (unpaired) electrons. The molecule has 1 heterocycles. The zero-order valence-corrected chi connectivity index (χ0v) is 14.5. The number of rotatable bonds is 4. The second kappa shape index (κ2) is 6.30. The smallest absolute Gasteiger partial charge is 0.275 e. The zero-order chi connectivity index (χ0) is 18.2. The molecule has 0 aliphatic carbocycles. The normalized spacial score (nSPS) is 11.4. The minimum atomic E-state index is -4.08. The number of hydrogen-bond donors (Lipinski definition) is 1. The van der Waals surface area contributed by atoms with Crippen LogP contribution in [0.1, 0.15) is 5.56 Å². The number of nitrogens with one attached hydrogen (secondary N) is 1. The van der Waals surface area contributed by atoms with Gasteiger partial charge < -0.3 is 0 Å². The number of para-hydroxylation sites is 1. The second-order valence-corrected chi connectivity index (χ2v) is 7.38. The average Bonchev–Trinajstić information content (AvgIpc) is 2.57. The Morgan fingerprint density at radius 1 is 1.20 bits per heavy atom. The summed E-state index contributed by atoms with van der Waals surface area (Å²) in [7, 11) is -4.08. The molecule has 0 bridgehead atoms. The van der Waals surface area contributed by atoms with Crippen LogP contribution >= 0.6 is 11.6 Å². The maximum absolute atomic E-state index is 12.7. The van der Waals surface area contributed by atoms with Crippen LogP contribution in [0.2, 0.25) is 5.02 Å². The third-order valence-electron chi connectivity index (χ3n) is 3.67. The lowest BCUT2D eigenvalue weighted by Crippen LogP contribution is -2.14. The van der Waals surface area contributed by atoms with Gasteiger partial charge in [0.2, 0.25) is 0 Å². The van der Waals surface area contributed by atoms with Crippen molar-refractivity contribution in [1.82, 2.24) is 4.98 Å². The Morgan fingerprint density at radius 2 is 1.92 bits per heavy atom. The van der Waals surface area contributed by atoms with Gasteiger partial charge in [0, 0.05) is 23.2 Å². The van der Waals surface area contributed by atoms with Crippen molar-refractivity contribution >= 4 is 43.9 Å². The summed E-state index contributed by atoms with van der Waals surface area (Å²) in [6.07, 6.45) is 1.55. The van der Waals surface area contributed by atoms with Crippen LogP contribution < -0.4 is 4.72 Å². The number of benzene rings is 2. The van der Waals surface area contributed by atoms with Crippen LogP contribution in [0.15, 0.2) is 53.6 Å². The fraction of sp³-hybridized carbons (Fsp3) is 0.0625. The SMILES string of the molecule is Cc1c(Cl)cc(S(=O)(=O)Nc2cccc3cccnc23)cc1[N+](=O)[O-]. The van der Waals surface area contributed by atoms with Gasteiger partial charge in [0.15, 0.2) is 0 Å². The number of aromatic nitrogens is 1. The fourth-order valence-corrected chi connectivity index (χ4v) is 3.77. The summed E-state index contributed by atoms with van der Waals surface area (Å²) in [6.45, 7) is 1.46. The molecular formula is C16H12ClN3O4S. The minimum Gasteiger partial charge on any atom is -0.277 e. The van der Waals surface area contributed by atoms with Crippen molar-refractivity contribution in [2.75, 3.05) is 4.72 Å². The Labute approximate surface area is 148 Å². The van der Waals surface area contributed by atoms with Crippen LogP contribution in [0.25, 0.3) is 10.9 Å². The summed E-state index contributed by atoms with van der Waals surface area (Å²) >= 11 is 5.96. The van der Waals surface area contributed by atoms with Gasteiger partial charge in [-0.25, -0.2) is 8.42 Å². The number of nitrogens with zero attached hydrogens (tertiary/aromatic N) is 2. The monoisotopic (exact) mass is 377 g/mol. The van der Waals surface area contributed by atoms with Gasteiger partial charge in [-0.15, -0.1) is 0 Å². The predicted molar refractivity (Wildman–Crippen MR) is 95.4 cm³/mol. The van der Waals surface area contributed by atoms with Crippen LogP contribution in [0, 0.1) is 17.0 Å². The highest BCUT2D eigenvalue weighted by Crippen LogP contribution is 2.31. The summed E-state index contributed by atoms with van der Waals surface area (Å²) in [6, 6.07) is 10.8. The Bertz CT molecular complexity index is 1090. The molecule has 0 aliphatic heterocycles. The molecule has 9 heteroatoms. The number of pyridine rings is 1. The Kier molecular flexibility index (Phi) is 4.32. The Hall–Kier alpha value is -2.71. The van der Waals surface area contributed by atoms with Gasteiger partial charge in [0.05, 0.1) is 26.0 Å². The summed E-state index contributed by atoms with van der Waals surface area (Å²) in [5.74, 6) is 0. The fourth-order valence-electron chi connectivity index (χ4n) is 2.38. The van der Waals surface area contributed by atoms with Crippen molar-refractivity contribution in [3.63, 3.8) is 0 Å². The summed E-state index contributed by atoms with van der Waals surface area (Å²) in [4.78, 5) is 14.3. The van der Waals surface area contributed by atoms with E-state index < -0.39 is 14.9 Å². The van der Waals surface area contributed by atoms with Crippen LogP contribution in [0.3, 0.4) is 0 Å². The molecule has 1 aromatic heterocycles. The van der Waals surface area contributed by atoms with E-state index in [-0.39, 0.29) is 26.9 Å². The van der Waals surface area contributed by atoms with Gasteiger partial charge in [0.25, 0.3) is 15.7 Å². The van der Waals surface area contributed by atoms with Gasteiger partial charge in [-0.1, -0.05) is 29.8 Å². The molecule has 1 N–H and O–H groups in total. The quantitative estimate of drug-likeness (QED) is 0.548. The molecule has 128 valence electrons. The van der Waals surface area contributed by atoms with Crippen LogP contribution in [0.4, 0.5) is 11.4 Å². The molecule has 0 fully saturated rings. The number of anilines is 1. The third-order valence-corrected chi connectivity index (χ3v) is 5.41. The first-order chi connectivity index (χ1) is 11.8. The largest absolute Gasteiger partial charge is 0.277 e. The molecule has 0 saturated carbocycles. The van der Waals surface area contributed by atoms with Crippen molar-refractivity contribution in [3.05, 3.63) is 69.4 Å². The maximum Gasteiger partial charge on any atom is 0.275 e. The number of hydrogen-bond acceptors (Lipinski definition) is 5. The van der Waals surface area contributed by atoms with Crippen molar-refractivity contribution in [2.24, 2.45) is 0 Å². The summed E-state index contributed by atoms with van der Waals surface area (Å²) in [5.41, 5.74) is 0.597. The van der Waals surface area contributed by atoms with Crippen molar-refractivity contribution < 1.29 is 13.3 Å². The first-order valence-electron chi connectivity index (χ1n) is 7.11. The molecule has 0 spiro atoms. The lowest BCUT2D eigenvalue weighted by molar-refractivity contribution is -0.385. The highest BCUT2D eigenvalue weighted by atomic mass is 35.5. The molecular weight excluding hydrogens is 366 g/mol. The third kappa shape index (κ3) is 3.26. The van der Waals surface area contributed by atoms with Gasteiger partial charge in [-0.3, -0.25) is 19.8 Å². The standard InChI is InChI=1S/C16H12ClN3O4S/c1-10-13(17)8-12(9-15(10)20(21)22)25(23,24)19-14-6-2-4-11-5-3-7-18-16(11)14/h2-9,19H,1H3. The summed E-state index contributed by atoms with van der Waals surface area (Å²) in [5, 5.41) is 11.9. The molecule has 2 aromatic carbocycles. The van der Waals surface area contributed by atoms with Crippen molar-refractivity contribution in [3.8, 4) is 0 Å². The van der Waals surface area contributed by atoms with Crippen molar-refractivity contribution in [2.45, 2.75) is 11.8 Å². The number of nitro groups is 1. The molecule has 3 aromatic rings. The molecule has 0 saturated heterocycles. The van der Waals surface area contributed by atoms with Crippen LogP contribution in [-0.4, -0.2) is 18.3 Å². The summed E-state index contributed by atoms with van der Waals surface area (Å²) < 4.78 is 27.7. The number of halogens is 1. The molecule has 25 heavy (non-hydrogen) atoms. The van der Waals surface area contributed by atoms with E-state index >= 15 is 0 Å². The highest BCUT2D eigenvalue weighted by Gasteiger charge is 2.23. The highest BCUT2D eigenvalue weighted by molar-refractivity contribution is 7.92. The molecule has 0 atom stereocenters. The van der Waals surface area contributed by atoms with E-state index in [0.717, 1.165) is 11.5 Å². The second-order valence-electron chi connectivity index (χ2n) is 5.29. The molecule has 3 rings (SSSR count). The van der Waals surface area contributed by atoms with E-state index in [4.69, 9.17) is 11.6 Å². The number of nitro benzene ring substituents is 1. The first kappa shape index (κ1) is 17.1. The zero-order valence-electron chi connectivity index (χ0n) is 12.9. The lowest BCUT2D eigenvalue weighted by atomic mass is 10.2. The molecule has 0 amide bonds. The van der Waals surface area contributed by atoms with Gasteiger partial charge in [-0.05, 0) is 25.1 Å². The predicted octanol–water partition coefficient (Wildman–Crippen LogP) is 3.91. The molecule has 0 aliphatic rings. The van der Waals surface area contributed by atoms with Gasteiger partial charge in [0.1, 0.15) is 0 Å². The number of fused-ring (bicyclic) bond motifs is 1. The van der Waals surface area contributed by atoms with Gasteiger partial charge in [-0.2, -0.15) is 0 Å². The first-order valence-corrected chi connectivity index (χ1v) is 8.97. The maximum atomic E-state index is 12.7. The van der Waals surface area contributed by atoms with E-state index in [2.05, 4.69) is 9.71 Å². The number of sulfonamides is 1. The average molecular weight is 378 g/mol. The van der Waals surface area contributed by atoms with E-state index in [0.29, 0.717) is 5.52 Å². The Morgan fingerprint density at radius 3 is 2.64 bits per heavy atom.